The van der Waals surface area contributed by atoms with Crippen molar-refractivity contribution < 1.29 is 22.4 Å². The number of rotatable bonds is 3. The minimum atomic E-state index is -4.91. The Kier molecular flexibility index (Phi) is 5.18. The number of alkyl halides is 3. The van der Waals surface area contributed by atoms with E-state index in [1.165, 1.54) is 7.11 Å². The Morgan fingerprint density at radius 1 is 1.36 bits per heavy atom. The normalized spacial score (nSPS) is 11.9. The lowest BCUT2D eigenvalue weighted by molar-refractivity contribution is -0.143. The quantitative estimate of drug-likeness (QED) is 0.285. The van der Waals surface area contributed by atoms with Gasteiger partial charge < -0.3 is 10.7 Å². The van der Waals surface area contributed by atoms with Crippen molar-refractivity contribution in [2.45, 2.75) is 6.18 Å². The van der Waals surface area contributed by atoms with E-state index in [1.807, 2.05) is 0 Å². The van der Waals surface area contributed by atoms with Crippen LogP contribution in [0, 0.1) is 10.5 Å². The number of nitrogen functional groups attached to an aromatic ring is 1. The minimum Gasteiger partial charge on any atom is -0.399 e. The van der Waals surface area contributed by atoms with Gasteiger partial charge in [-0.1, -0.05) is 29.0 Å². The fraction of sp³-hybridized carbons (Fsp3) is 0.154. The summed E-state index contributed by atoms with van der Waals surface area (Å²) in [6, 6.07) is 2.38. The SMILES string of the molecule is CON=Cc1cc(-n2c(=S)cc(C(F)(F)F)n(N)c2=O)c(F)cc1Cl. The number of hydrogen-bond donors (Lipinski definition) is 1. The molecule has 1 heterocycles. The summed E-state index contributed by atoms with van der Waals surface area (Å²) in [5.41, 5.74) is -3.14. The maximum Gasteiger partial charge on any atom is 0.433 e. The van der Waals surface area contributed by atoms with Crippen LogP contribution >= 0.6 is 23.8 Å². The molecule has 1 aromatic heterocycles. The van der Waals surface area contributed by atoms with Crippen molar-refractivity contribution in [3.05, 3.63) is 55.4 Å². The molecule has 0 atom stereocenters. The molecule has 0 bridgehead atoms. The van der Waals surface area contributed by atoms with E-state index in [-0.39, 0.29) is 15.3 Å². The van der Waals surface area contributed by atoms with Crippen LogP contribution in [0.25, 0.3) is 5.69 Å². The monoisotopic (exact) mass is 396 g/mol. The van der Waals surface area contributed by atoms with Gasteiger partial charge in [0.2, 0.25) is 0 Å². The number of nitrogens with two attached hydrogens (primary N) is 1. The first-order valence-electron chi connectivity index (χ1n) is 6.35. The molecule has 12 heteroatoms. The fourth-order valence-electron chi connectivity index (χ4n) is 1.93. The summed E-state index contributed by atoms with van der Waals surface area (Å²) < 4.78 is 52.6. The van der Waals surface area contributed by atoms with Crippen LogP contribution in [0.1, 0.15) is 11.3 Å². The maximum atomic E-state index is 14.2. The zero-order chi connectivity index (χ0) is 18.9. The number of benzene rings is 1. The van der Waals surface area contributed by atoms with Crippen molar-refractivity contribution in [3.8, 4) is 5.69 Å². The molecule has 0 aliphatic heterocycles. The Balaban J connectivity index is 2.80. The summed E-state index contributed by atoms with van der Waals surface area (Å²) in [5.74, 6) is 4.20. The van der Waals surface area contributed by atoms with Gasteiger partial charge in [0.25, 0.3) is 0 Å². The van der Waals surface area contributed by atoms with E-state index in [0.717, 1.165) is 18.3 Å². The highest BCUT2D eigenvalue weighted by Crippen LogP contribution is 2.28. The van der Waals surface area contributed by atoms with Crippen LogP contribution < -0.4 is 11.5 Å². The summed E-state index contributed by atoms with van der Waals surface area (Å²) in [6.07, 6.45) is -3.78. The van der Waals surface area contributed by atoms with E-state index >= 15 is 0 Å². The molecule has 1 aromatic carbocycles. The molecule has 0 amide bonds. The first-order valence-corrected chi connectivity index (χ1v) is 7.14. The molecule has 6 nitrogen and oxygen atoms in total. The third-order valence-electron chi connectivity index (χ3n) is 3.03. The third-order valence-corrected chi connectivity index (χ3v) is 3.66. The Morgan fingerprint density at radius 3 is 2.56 bits per heavy atom. The average molecular weight is 397 g/mol. The molecule has 0 saturated heterocycles. The van der Waals surface area contributed by atoms with Gasteiger partial charge in [0.05, 0.1) is 16.9 Å². The molecular formula is C13H9ClF4N4O2S. The first kappa shape index (κ1) is 18.9. The van der Waals surface area contributed by atoms with Crippen molar-refractivity contribution in [1.29, 1.82) is 0 Å². The zero-order valence-electron chi connectivity index (χ0n) is 12.3. The van der Waals surface area contributed by atoms with E-state index in [4.69, 9.17) is 29.7 Å². The lowest BCUT2D eigenvalue weighted by Gasteiger charge is -2.15. The van der Waals surface area contributed by atoms with E-state index in [2.05, 4.69) is 9.99 Å². The van der Waals surface area contributed by atoms with Crippen LogP contribution in [-0.4, -0.2) is 22.6 Å². The van der Waals surface area contributed by atoms with E-state index < -0.39 is 33.7 Å². The number of aromatic nitrogens is 2. The zero-order valence-corrected chi connectivity index (χ0v) is 13.9. The average Bonchev–Trinajstić information content (AvgIpc) is 2.50. The van der Waals surface area contributed by atoms with Gasteiger partial charge in [-0.2, -0.15) is 13.2 Å². The summed E-state index contributed by atoms with van der Waals surface area (Å²) in [5, 5.41) is 3.39. The Labute approximate surface area is 147 Å². The highest BCUT2D eigenvalue weighted by Gasteiger charge is 2.35. The number of oxime groups is 1. The van der Waals surface area contributed by atoms with Crippen LogP contribution in [-0.2, 0) is 11.0 Å². The van der Waals surface area contributed by atoms with Crippen LogP contribution in [0.5, 0.6) is 0 Å². The van der Waals surface area contributed by atoms with Crippen molar-refractivity contribution in [2.24, 2.45) is 5.16 Å². The topological polar surface area (TPSA) is 74.5 Å². The fourth-order valence-corrected chi connectivity index (χ4v) is 2.42. The van der Waals surface area contributed by atoms with E-state index in [0.29, 0.717) is 10.6 Å². The molecule has 0 spiro atoms. The molecule has 0 saturated carbocycles. The number of nitrogens with zero attached hydrogens (tertiary/aromatic N) is 3. The van der Waals surface area contributed by atoms with Crippen LogP contribution in [0.15, 0.2) is 28.1 Å². The van der Waals surface area contributed by atoms with Gasteiger partial charge in [0.15, 0.2) is 5.69 Å². The number of hydrogen-bond acceptors (Lipinski definition) is 5. The molecule has 0 unspecified atom stereocenters. The Hall–Kier alpha value is -2.40. The highest BCUT2D eigenvalue weighted by molar-refractivity contribution is 7.71. The molecule has 2 N–H and O–H groups in total. The molecule has 25 heavy (non-hydrogen) atoms. The standard InChI is InChI=1S/C13H9ClF4N4O2S/c1-24-20-5-6-2-9(8(15)3-7(6)14)21-11(25)4-10(13(16,17)18)22(19)12(21)23/h2-5H,19H2,1H3. The predicted octanol–water partition coefficient (Wildman–Crippen LogP) is 2.87. The van der Waals surface area contributed by atoms with Crippen LogP contribution in [0.4, 0.5) is 17.6 Å². The number of halogens is 5. The van der Waals surface area contributed by atoms with Crippen molar-refractivity contribution in [1.82, 2.24) is 9.24 Å². The maximum absolute atomic E-state index is 14.2. The van der Waals surface area contributed by atoms with Crippen molar-refractivity contribution >= 4 is 30.0 Å². The molecule has 0 aliphatic rings. The highest BCUT2D eigenvalue weighted by atomic mass is 35.5. The summed E-state index contributed by atoms with van der Waals surface area (Å²) in [6.45, 7) is 0. The van der Waals surface area contributed by atoms with Gasteiger partial charge in [-0.3, -0.25) is 0 Å². The molecule has 2 aromatic rings. The van der Waals surface area contributed by atoms with Gasteiger partial charge in [0, 0.05) is 11.6 Å². The van der Waals surface area contributed by atoms with Gasteiger partial charge in [0.1, 0.15) is 17.6 Å². The molecule has 0 aliphatic carbocycles. The second-order valence-electron chi connectivity index (χ2n) is 4.60. The Bertz CT molecular complexity index is 968. The van der Waals surface area contributed by atoms with Gasteiger partial charge >= 0.3 is 11.9 Å². The second kappa shape index (κ2) is 6.84. The van der Waals surface area contributed by atoms with E-state index in [9.17, 15) is 22.4 Å². The minimum absolute atomic E-state index is 0.0615. The van der Waals surface area contributed by atoms with Crippen molar-refractivity contribution in [2.75, 3.05) is 13.0 Å². The third kappa shape index (κ3) is 3.66. The molecule has 134 valence electrons. The first-order chi connectivity index (χ1) is 11.6. The molecular weight excluding hydrogens is 388 g/mol. The molecule has 0 radical (unpaired) electrons. The largest absolute Gasteiger partial charge is 0.433 e. The van der Waals surface area contributed by atoms with Crippen molar-refractivity contribution in [3.63, 3.8) is 0 Å². The summed E-state index contributed by atoms with van der Waals surface area (Å²) >= 11 is 10.6. The molecule has 0 fully saturated rings. The predicted molar refractivity (Wildman–Crippen MR) is 85.6 cm³/mol. The van der Waals surface area contributed by atoms with Crippen LogP contribution in [0.2, 0.25) is 5.02 Å². The summed E-state index contributed by atoms with van der Waals surface area (Å²) in [7, 11) is 1.26. The Morgan fingerprint density at radius 2 is 2.00 bits per heavy atom. The lowest BCUT2D eigenvalue weighted by atomic mass is 10.2. The van der Waals surface area contributed by atoms with Crippen LogP contribution in [0.3, 0.4) is 0 Å². The summed E-state index contributed by atoms with van der Waals surface area (Å²) in [4.78, 5) is 16.7. The molecule has 2 rings (SSSR count). The van der Waals surface area contributed by atoms with Gasteiger partial charge in [-0.05, 0) is 12.1 Å². The second-order valence-corrected chi connectivity index (χ2v) is 5.42. The lowest BCUT2D eigenvalue weighted by Crippen LogP contribution is -2.39. The smallest absolute Gasteiger partial charge is 0.399 e. The van der Waals surface area contributed by atoms with Gasteiger partial charge in [-0.25, -0.2) is 18.4 Å². The van der Waals surface area contributed by atoms with E-state index in [1.54, 1.807) is 0 Å². The van der Waals surface area contributed by atoms with Gasteiger partial charge in [-0.15, -0.1) is 0 Å².